The smallest absolute Gasteiger partial charge is 0.122 e. The van der Waals surface area contributed by atoms with Crippen molar-refractivity contribution in [3.05, 3.63) is 70.3 Å². The Morgan fingerprint density at radius 1 is 0.857 bits per heavy atom. The molecule has 0 bridgehead atoms. The van der Waals surface area contributed by atoms with E-state index in [9.17, 15) is 0 Å². The van der Waals surface area contributed by atoms with Crippen LogP contribution in [0.4, 0.5) is 0 Å². The van der Waals surface area contributed by atoms with E-state index in [1.807, 2.05) is 61.5 Å². The van der Waals surface area contributed by atoms with Crippen LogP contribution in [0, 0.1) is 17.7 Å². The Labute approximate surface area is 124 Å². The molecule has 0 aliphatic rings. The average Bonchev–Trinajstić information content (AvgIpc) is 2.46. The van der Waals surface area contributed by atoms with E-state index in [4.69, 9.17) is 22.3 Å². The van der Waals surface area contributed by atoms with Crippen LogP contribution in [0.15, 0.2) is 42.5 Å². The molecule has 4 heteroatoms. The van der Waals surface area contributed by atoms with E-state index in [1.54, 1.807) is 0 Å². The van der Waals surface area contributed by atoms with Gasteiger partial charge in [0.1, 0.15) is 11.7 Å². The fourth-order valence-corrected chi connectivity index (χ4v) is 1.99. The first-order valence-electron chi connectivity index (χ1n) is 6.55. The molecule has 0 fully saturated rings. The van der Waals surface area contributed by atoms with E-state index in [-0.39, 0.29) is 11.7 Å². The molecule has 4 nitrogen and oxygen atoms in total. The van der Waals surface area contributed by atoms with Crippen molar-refractivity contribution in [1.29, 1.82) is 10.8 Å². The monoisotopic (exact) mass is 278 g/mol. The van der Waals surface area contributed by atoms with Gasteiger partial charge in [-0.2, -0.15) is 0 Å². The van der Waals surface area contributed by atoms with Crippen LogP contribution in [0.1, 0.15) is 27.8 Å². The maximum atomic E-state index is 7.43. The van der Waals surface area contributed by atoms with Gasteiger partial charge in [0.05, 0.1) is 0 Å². The lowest BCUT2D eigenvalue weighted by Gasteiger charge is -2.04. The molecule has 0 aromatic heterocycles. The van der Waals surface area contributed by atoms with Gasteiger partial charge in [-0.1, -0.05) is 48.6 Å². The van der Waals surface area contributed by atoms with Gasteiger partial charge in [-0.3, -0.25) is 10.8 Å². The van der Waals surface area contributed by atoms with Crippen LogP contribution >= 0.6 is 0 Å². The zero-order valence-electron chi connectivity index (χ0n) is 11.9. The fraction of sp³-hybridized carbons (Fsp3) is 0.0588. The van der Waals surface area contributed by atoms with Crippen LogP contribution in [-0.2, 0) is 0 Å². The summed E-state index contributed by atoms with van der Waals surface area (Å²) in [6.07, 6.45) is 4.02. The Kier molecular flexibility index (Phi) is 4.18. The van der Waals surface area contributed by atoms with E-state index in [0.717, 1.165) is 22.3 Å². The molecular formula is C17H18N4. The van der Waals surface area contributed by atoms with Crippen LogP contribution in [0.5, 0.6) is 0 Å². The second-order valence-electron chi connectivity index (χ2n) is 4.85. The quantitative estimate of drug-likeness (QED) is 0.393. The minimum absolute atomic E-state index is 0.0706. The Balaban J connectivity index is 2.21. The molecule has 0 radical (unpaired) electrons. The molecule has 0 atom stereocenters. The lowest BCUT2D eigenvalue weighted by atomic mass is 10.0. The van der Waals surface area contributed by atoms with Gasteiger partial charge in [0.15, 0.2) is 0 Å². The largest absolute Gasteiger partial charge is 0.384 e. The van der Waals surface area contributed by atoms with E-state index in [0.29, 0.717) is 5.56 Å². The molecule has 0 amide bonds. The number of nitrogens with one attached hydrogen (secondary N) is 2. The highest BCUT2D eigenvalue weighted by molar-refractivity contribution is 5.96. The molecule has 0 heterocycles. The number of aryl methyl sites for hydroxylation is 1. The van der Waals surface area contributed by atoms with E-state index in [1.165, 1.54) is 0 Å². The molecule has 0 aliphatic carbocycles. The molecule has 2 aromatic rings. The molecule has 2 rings (SSSR count). The van der Waals surface area contributed by atoms with E-state index >= 15 is 0 Å². The van der Waals surface area contributed by atoms with Crippen molar-refractivity contribution in [3.63, 3.8) is 0 Å². The fourth-order valence-electron chi connectivity index (χ4n) is 1.99. The predicted molar refractivity (Wildman–Crippen MR) is 88.6 cm³/mol. The van der Waals surface area contributed by atoms with Crippen LogP contribution < -0.4 is 11.5 Å². The highest BCUT2D eigenvalue weighted by Crippen LogP contribution is 2.15. The van der Waals surface area contributed by atoms with Crippen LogP contribution in [-0.4, -0.2) is 11.7 Å². The summed E-state index contributed by atoms with van der Waals surface area (Å²) in [7, 11) is 0. The summed E-state index contributed by atoms with van der Waals surface area (Å²) < 4.78 is 0. The number of rotatable bonds is 4. The number of hydrogen-bond donors (Lipinski definition) is 4. The van der Waals surface area contributed by atoms with Crippen molar-refractivity contribution < 1.29 is 0 Å². The van der Waals surface area contributed by atoms with Crippen molar-refractivity contribution in [2.45, 2.75) is 6.92 Å². The Morgan fingerprint density at radius 2 is 1.43 bits per heavy atom. The molecule has 21 heavy (non-hydrogen) atoms. The molecule has 0 saturated carbocycles. The van der Waals surface area contributed by atoms with Crippen molar-refractivity contribution in [3.8, 4) is 0 Å². The Hall–Kier alpha value is -2.88. The molecule has 2 aromatic carbocycles. The molecule has 0 saturated heterocycles. The number of benzene rings is 2. The SMILES string of the molecule is Cc1cc(C(=N)N)ccc1/C=C/c1ccc(C(=N)N)cc1. The van der Waals surface area contributed by atoms with Gasteiger partial charge in [0.25, 0.3) is 0 Å². The first kappa shape index (κ1) is 14.5. The van der Waals surface area contributed by atoms with Crippen molar-refractivity contribution in [2.75, 3.05) is 0 Å². The van der Waals surface area contributed by atoms with Gasteiger partial charge >= 0.3 is 0 Å². The number of nitrogens with two attached hydrogens (primary N) is 2. The summed E-state index contributed by atoms with van der Waals surface area (Å²) in [5.74, 6) is 0.148. The topological polar surface area (TPSA) is 99.7 Å². The average molecular weight is 278 g/mol. The van der Waals surface area contributed by atoms with Gasteiger partial charge < -0.3 is 11.5 Å². The number of amidine groups is 2. The molecule has 0 spiro atoms. The lowest BCUT2D eigenvalue weighted by Crippen LogP contribution is -2.11. The summed E-state index contributed by atoms with van der Waals surface area (Å²) in [6.45, 7) is 1.99. The van der Waals surface area contributed by atoms with Crippen LogP contribution in [0.3, 0.4) is 0 Å². The molecule has 6 N–H and O–H groups in total. The Morgan fingerprint density at radius 3 is 1.95 bits per heavy atom. The maximum Gasteiger partial charge on any atom is 0.122 e. The van der Waals surface area contributed by atoms with Crippen molar-refractivity contribution >= 4 is 23.8 Å². The second-order valence-corrected chi connectivity index (χ2v) is 4.85. The summed E-state index contributed by atoms with van der Waals surface area (Å²) in [4.78, 5) is 0. The van der Waals surface area contributed by atoms with Crippen LogP contribution in [0.25, 0.3) is 12.2 Å². The summed E-state index contributed by atoms with van der Waals surface area (Å²) in [5, 5.41) is 14.8. The summed E-state index contributed by atoms with van der Waals surface area (Å²) >= 11 is 0. The normalized spacial score (nSPS) is 10.7. The molecule has 0 aliphatic heterocycles. The van der Waals surface area contributed by atoms with Crippen molar-refractivity contribution in [2.24, 2.45) is 11.5 Å². The highest BCUT2D eigenvalue weighted by Gasteiger charge is 2.00. The molecule has 0 unspecified atom stereocenters. The summed E-state index contributed by atoms with van der Waals surface area (Å²) in [6, 6.07) is 13.2. The third kappa shape index (κ3) is 3.57. The Bertz CT molecular complexity index is 712. The zero-order valence-corrected chi connectivity index (χ0v) is 11.9. The number of hydrogen-bond acceptors (Lipinski definition) is 2. The van der Waals surface area contributed by atoms with E-state index < -0.39 is 0 Å². The van der Waals surface area contributed by atoms with Crippen LogP contribution in [0.2, 0.25) is 0 Å². The van der Waals surface area contributed by atoms with E-state index in [2.05, 4.69) is 0 Å². The maximum absolute atomic E-state index is 7.43. The van der Waals surface area contributed by atoms with Crippen molar-refractivity contribution in [1.82, 2.24) is 0 Å². The third-order valence-corrected chi connectivity index (χ3v) is 3.26. The van der Waals surface area contributed by atoms with Gasteiger partial charge in [0.2, 0.25) is 0 Å². The minimum Gasteiger partial charge on any atom is -0.384 e. The first-order valence-corrected chi connectivity index (χ1v) is 6.55. The summed E-state index contributed by atoms with van der Waals surface area (Å²) in [5.41, 5.74) is 15.5. The highest BCUT2D eigenvalue weighted by atomic mass is 14.7. The van der Waals surface area contributed by atoms with Gasteiger partial charge in [-0.15, -0.1) is 0 Å². The molecular weight excluding hydrogens is 260 g/mol. The van der Waals surface area contributed by atoms with Gasteiger partial charge in [-0.05, 0) is 29.7 Å². The number of nitrogen functional groups attached to an aromatic ring is 2. The van der Waals surface area contributed by atoms with Gasteiger partial charge in [-0.25, -0.2) is 0 Å². The second kappa shape index (κ2) is 6.05. The standard InChI is InChI=1S/C17H18N4/c1-11-10-15(17(20)21)9-8-13(11)5-2-12-3-6-14(7-4-12)16(18)19/h2-10H,1H3,(H3,18,19)(H3,20,21)/b5-2+. The van der Waals surface area contributed by atoms with Gasteiger partial charge in [0, 0.05) is 11.1 Å². The predicted octanol–water partition coefficient (Wildman–Crippen LogP) is 2.73. The molecule has 106 valence electrons. The zero-order chi connectivity index (χ0) is 15.4. The minimum atomic E-state index is 0.0706. The first-order chi connectivity index (χ1) is 9.97. The third-order valence-electron chi connectivity index (χ3n) is 3.26. The lowest BCUT2D eigenvalue weighted by molar-refractivity contribution is 1.38.